The molecule has 5 rings (SSSR count). The summed E-state index contributed by atoms with van der Waals surface area (Å²) >= 11 is 0. The van der Waals surface area contributed by atoms with Crippen LogP contribution in [-0.4, -0.2) is 30.5 Å². The number of nitrogens with zero attached hydrogens (tertiary/aromatic N) is 2. The third kappa shape index (κ3) is 4.69. The molecule has 0 spiro atoms. The van der Waals surface area contributed by atoms with E-state index in [0.29, 0.717) is 27.9 Å². The van der Waals surface area contributed by atoms with Gasteiger partial charge in [0.1, 0.15) is 5.82 Å². The fraction of sp³-hybridized carbons (Fsp3) is 0.241. The molecule has 37 heavy (non-hydrogen) atoms. The van der Waals surface area contributed by atoms with Crippen LogP contribution < -0.4 is 0 Å². The molecule has 0 radical (unpaired) electrons. The van der Waals surface area contributed by atoms with Gasteiger partial charge in [0.25, 0.3) is 10.0 Å². The zero-order valence-electron chi connectivity index (χ0n) is 20.6. The molecule has 1 aliphatic carbocycles. The van der Waals surface area contributed by atoms with Crippen LogP contribution in [0.3, 0.4) is 0 Å². The molecule has 1 saturated carbocycles. The largest absolute Gasteiger partial charge is 0.465 e. The topological polar surface area (TPSA) is 78.3 Å². The highest BCUT2D eigenvalue weighted by molar-refractivity contribution is 7.90. The number of carbonyl (C=O) groups excluding carboxylic acids is 1. The second-order valence-electron chi connectivity index (χ2n) is 9.35. The average molecular weight is 519 g/mol. The van der Waals surface area contributed by atoms with Crippen LogP contribution in [0.1, 0.15) is 52.9 Å². The molecular formula is C29H27FN2O4S. The molecule has 190 valence electrons. The molecule has 0 bridgehead atoms. The van der Waals surface area contributed by atoms with Gasteiger partial charge in [-0.1, -0.05) is 43.2 Å². The molecule has 1 aliphatic rings. The van der Waals surface area contributed by atoms with Crippen LogP contribution in [0.5, 0.6) is 0 Å². The van der Waals surface area contributed by atoms with Crippen molar-refractivity contribution in [2.24, 2.45) is 5.92 Å². The van der Waals surface area contributed by atoms with Crippen molar-refractivity contribution in [2.45, 2.75) is 37.5 Å². The van der Waals surface area contributed by atoms with Crippen LogP contribution in [0.25, 0.3) is 16.6 Å². The first kappa shape index (κ1) is 24.9. The van der Waals surface area contributed by atoms with Crippen molar-refractivity contribution < 1.29 is 22.3 Å². The monoisotopic (exact) mass is 518 g/mol. The van der Waals surface area contributed by atoms with Gasteiger partial charge in [-0.2, -0.15) is 0 Å². The van der Waals surface area contributed by atoms with Crippen LogP contribution in [0.2, 0.25) is 0 Å². The Morgan fingerprint density at radius 3 is 2.49 bits per heavy atom. The summed E-state index contributed by atoms with van der Waals surface area (Å²) in [5, 5.41) is 0.665. The molecule has 2 aromatic carbocycles. The van der Waals surface area contributed by atoms with Gasteiger partial charge in [-0.3, -0.25) is 0 Å². The van der Waals surface area contributed by atoms with Crippen LogP contribution in [-0.2, 0) is 14.8 Å². The Labute approximate surface area is 215 Å². The highest BCUT2D eigenvalue weighted by atomic mass is 32.2. The highest BCUT2D eigenvalue weighted by Gasteiger charge is 2.28. The number of pyridine rings is 1. The van der Waals surface area contributed by atoms with E-state index >= 15 is 4.39 Å². The number of hydrogen-bond donors (Lipinski definition) is 0. The number of benzene rings is 2. The number of hydrogen-bond acceptors (Lipinski definition) is 5. The number of rotatable bonds is 6. The van der Waals surface area contributed by atoms with Crippen molar-refractivity contribution in [3.8, 4) is 0 Å². The fourth-order valence-corrected chi connectivity index (χ4v) is 6.46. The van der Waals surface area contributed by atoms with E-state index in [0.717, 1.165) is 31.2 Å². The van der Waals surface area contributed by atoms with Crippen molar-refractivity contribution in [1.82, 2.24) is 8.96 Å². The Morgan fingerprint density at radius 1 is 1.08 bits per heavy atom. The molecular weight excluding hydrogens is 491 g/mol. The van der Waals surface area contributed by atoms with Gasteiger partial charge in [-0.25, -0.2) is 26.6 Å². The highest BCUT2D eigenvalue weighted by Crippen LogP contribution is 2.36. The third-order valence-corrected chi connectivity index (χ3v) is 8.50. The molecule has 0 atom stereocenters. The molecule has 0 aliphatic heterocycles. The van der Waals surface area contributed by atoms with Gasteiger partial charge in [0.05, 0.1) is 23.3 Å². The quantitative estimate of drug-likeness (QED) is 0.287. The van der Waals surface area contributed by atoms with Gasteiger partial charge in [0, 0.05) is 17.2 Å². The Balaban J connectivity index is 1.79. The molecule has 6 nitrogen and oxygen atoms in total. The Kier molecular flexibility index (Phi) is 6.69. The van der Waals surface area contributed by atoms with Crippen LogP contribution in [0.15, 0.2) is 77.8 Å². The minimum absolute atomic E-state index is 0.128. The van der Waals surface area contributed by atoms with Gasteiger partial charge in [0.15, 0.2) is 5.65 Å². The second kappa shape index (κ2) is 9.94. The lowest BCUT2D eigenvalue weighted by Gasteiger charge is -2.16. The lowest BCUT2D eigenvalue weighted by molar-refractivity contribution is 0.0595. The SMILES string of the molecule is COC(=O)c1ccc(C(=CC2CCCC2)c2cc3cc(C)cnc3n2S(=O)(=O)c2ccccc2)cc1F. The number of aryl methyl sites for hydroxylation is 1. The normalized spacial score (nSPS) is 14.8. The lowest BCUT2D eigenvalue weighted by atomic mass is 9.95. The van der Waals surface area contributed by atoms with Gasteiger partial charge in [-0.05, 0) is 73.2 Å². The van der Waals surface area contributed by atoms with Gasteiger partial charge >= 0.3 is 5.97 Å². The maximum absolute atomic E-state index is 15.1. The predicted octanol–water partition coefficient (Wildman–Crippen LogP) is 6.13. The summed E-state index contributed by atoms with van der Waals surface area (Å²) in [4.78, 5) is 16.6. The van der Waals surface area contributed by atoms with E-state index in [9.17, 15) is 13.2 Å². The standard InChI is InChI=1S/C29H27FN2O4S/c1-19-14-22-17-27(32(28(22)31-18-19)37(34,35)23-10-4-3-5-11-23)25(15-20-8-6-7-9-20)21-12-13-24(26(30)16-21)29(33)36-2/h3-5,10-18,20H,6-9H2,1-2H3. The van der Waals surface area contributed by atoms with E-state index in [2.05, 4.69) is 9.72 Å². The predicted molar refractivity (Wildman–Crippen MR) is 140 cm³/mol. The summed E-state index contributed by atoms with van der Waals surface area (Å²) in [6.45, 7) is 1.89. The van der Waals surface area contributed by atoms with Gasteiger partial charge < -0.3 is 4.74 Å². The molecule has 2 heterocycles. The number of methoxy groups -OCH3 is 1. The first-order chi connectivity index (χ1) is 17.8. The molecule has 8 heteroatoms. The smallest absolute Gasteiger partial charge is 0.340 e. The number of fused-ring (bicyclic) bond motifs is 1. The fourth-order valence-electron chi connectivity index (χ4n) is 4.96. The van der Waals surface area contributed by atoms with Gasteiger partial charge in [-0.15, -0.1) is 0 Å². The van der Waals surface area contributed by atoms with Crippen molar-refractivity contribution >= 4 is 32.6 Å². The second-order valence-corrected chi connectivity index (χ2v) is 11.1. The molecule has 2 aromatic heterocycles. The van der Waals surface area contributed by atoms with Crippen molar-refractivity contribution in [2.75, 3.05) is 7.11 Å². The lowest BCUT2D eigenvalue weighted by Crippen LogP contribution is -2.16. The molecule has 1 fully saturated rings. The summed E-state index contributed by atoms with van der Waals surface area (Å²) in [6, 6.07) is 16.1. The van der Waals surface area contributed by atoms with Crippen LogP contribution in [0, 0.1) is 18.7 Å². The first-order valence-corrected chi connectivity index (χ1v) is 13.6. The van der Waals surface area contributed by atoms with E-state index in [-0.39, 0.29) is 16.4 Å². The molecule has 0 unspecified atom stereocenters. The maximum atomic E-state index is 15.1. The van der Waals surface area contributed by atoms with E-state index in [4.69, 9.17) is 0 Å². The average Bonchev–Trinajstić information content (AvgIpc) is 3.55. The van der Waals surface area contributed by atoms with Crippen LogP contribution >= 0.6 is 0 Å². The summed E-state index contributed by atoms with van der Waals surface area (Å²) in [5.74, 6) is -1.28. The van der Waals surface area contributed by atoms with Crippen molar-refractivity contribution in [1.29, 1.82) is 0 Å². The summed E-state index contributed by atoms with van der Waals surface area (Å²) in [7, 11) is -2.85. The molecule has 4 aromatic rings. The minimum atomic E-state index is -4.04. The van der Waals surface area contributed by atoms with E-state index in [1.165, 1.54) is 23.2 Å². The molecule has 0 amide bonds. The van der Waals surface area contributed by atoms with Crippen molar-refractivity contribution in [3.05, 3.63) is 101 Å². The molecule has 0 saturated heterocycles. The number of allylic oxidation sites excluding steroid dienone is 1. The van der Waals surface area contributed by atoms with Gasteiger partial charge in [0.2, 0.25) is 0 Å². The number of esters is 1. The van der Waals surface area contributed by atoms with Crippen molar-refractivity contribution in [3.63, 3.8) is 0 Å². The van der Waals surface area contributed by atoms with E-state index in [1.807, 2.05) is 19.1 Å². The number of aromatic nitrogens is 2. The third-order valence-electron chi connectivity index (χ3n) is 6.78. The number of carbonyl (C=O) groups is 1. The number of halogens is 1. The zero-order valence-corrected chi connectivity index (χ0v) is 21.5. The van der Waals surface area contributed by atoms with E-state index in [1.54, 1.807) is 48.7 Å². The Hall–Kier alpha value is -3.78. The Bertz CT molecular complexity index is 1620. The van der Waals surface area contributed by atoms with Crippen LogP contribution in [0.4, 0.5) is 4.39 Å². The summed E-state index contributed by atoms with van der Waals surface area (Å²) in [5.41, 5.74) is 2.46. The zero-order chi connectivity index (χ0) is 26.2. The van der Waals surface area contributed by atoms with E-state index < -0.39 is 21.8 Å². The Morgan fingerprint density at radius 2 is 1.81 bits per heavy atom. The first-order valence-electron chi connectivity index (χ1n) is 12.2. The summed E-state index contributed by atoms with van der Waals surface area (Å²) < 4.78 is 49.0. The minimum Gasteiger partial charge on any atom is -0.465 e. The number of ether oxygens (including phenoxy) is 1. The maximum Gasteiger partial charge on any atom is 0.340 e. The summed E-state index contributed by atoms with van der Waals surface area (Å²) in [6.07, 6.45) is 7.77. The molecule has 0 N–H and O–H groups in total.